The van der Waals surface area contributed by atoms with Crippen molar-refractivity contribution in [2.45, 2.75) is 0 Å². The minimum absolute atomic E-state index is 0.0269. The Morgan fingerprint density at radius 1 is 0.812 bits per heavy atom. The molecule has 3 aromatic carbocycles. The third kappa shape index (κ3) is 4.93. The fourth-order valence-electron chi connectivity index (χ4n) is 2.80. The number of amides is 2. The average Bonchev–Trinajstić information content (AvgIpc) is 3.28. The Hall–Kier alpha value is -4.17. The zero-order chi connectivity index (χ0) is 22.5. The van der Waals surface area contributed by atoms with E-state index in [-0.39, 0.29) is 17.8 Å². The summed E-state index contributed by atoms with van der Waals surface area (Å²) in [6, 6.07) is 20.0. The van der Waals surface area contributed by atoms with E-state index in [1.807, 2.05) is 0 Å². The van der Waals surface area contributed by atoms with Crippen LogP contribution in [0.5, 0.6) is 5.75 Å². The Labute approximate surface area is 188 Å². The van der Waals surface area contributed by atoms with Crippen molar-refractivity contribution < 1.29 is 18.7 Å². The Balaban J connectivity index is 1.38. The van der Waals surface area contributed by atoms with Crippen LogP contribution >= 0.6 is 11.6 Å². The molecule has 0 bridgehead atoms. The highest BCUT2D eigenvalue weighted by Crippen LogP contribution is 2.23. The number of anilines is 2. The molecule has 0 saturated carbocycles. The number of aromatic nitrogens is 2. The van der Waals surface area contributed by atoms with E-state index in [2.05, 4.69) is 20.8 Å². The molecule has 2 amide bonds. The van der Waals surface area contributed by atoms with Crippen LogP contribution in [0.2, 0.25) is 5.02 Å². The molecule has 4 rings (SSSR count). The first-order chi connectivity index (χ1) is 15.5. The Kier molecular flexibility index (Phi) is 6.14. The molecule has 0 saturated heterocycles. The highest BCUT2D eigenvalue weighted by molar-refractivity contribution is 6.30. The zero-order valence-electron chi connectivity index (χ0n) is 16.8. The van der Waals surface area contributed by atoms with Crippen LogP contribution in [0.3, 0.4) is 0 Å². The summed E-state index contributed by atoms with van der Waals surface area (Å²) in [5.41, 5.74) is 2.07. The smallest absolute Gasteiger partial charge is 0.322 e. The Morgan fingerprint density at radius 2 is 1.41 bits per heavy atom. The lowest BCUT2D eigenvalue weighted by molar-refractivity contribution is 0.101. The minimum Gasteiger partial charge on any atom is -0.497 e. The van der Waals surface area contributed by atoms with Crippen LogP contribution < -0.4 is 15.4 Å². The normalized spacial score (nSPS) is 10.4. The number of carbonyl (C=O) groups excluding carboxylic acids is 2. The maximum absolute atomic E-state index is 12.5. The van der Waals surface area contributed by atoms with Crippen LogP contribution in [0.25, 0.3) is 11.5 Å². The van der Waals surface area contributed by atoms with Crippen LogP contribution in [-0.4, -0.2) is 29.1 Å². The van der Waals surface area contributed by atoms with E-state index in [9.17, 15) is 9.59 Å². The molecule has 160 valence electrons. The molecule has 9 heteroatoms. The van der Waals surface area contributed by atoms with Crippen molar-refractivity contribution in [1.82, 2.24) is 10.2 Å². The van der Waals surface area contributed by atoms with Crippen LogP contribution in [0.4, 0.5) is 11.7 Å². The van der Waals surface area contributed by atoms with Gasteiger partial charge in [0.1, 0.15) is 5.75 Å². The highest BCUT2D eigenvalue weighted by atomic mass is 35.5. The largest absolute Gasteiger partial charge is 0.497 e. The van der Waals surface area contributed by atoms with E-state index in [1.165, 1.54) is 0 Å². The van der Waals surface area contributed by atoms with Gasteiger partial charge in [0.15, 0.2) is 0 Å². The van der Waals surface area contributed by atoms with Gasteiger partial charge in [-0.1, -0.05) is 16.7 Å². The summed E-state index contributed by atoms with van der Waals surface area (Å²) < 4.78 is 10.6. The molecule has 0 radical (unpaired) electrons. The van der Waals surface area contributed by atoms with Gasteiger partial charge >= 0.3 is 6.01 Å². The van der Waals surface area contributed by atoms with Gasteiger partial charge in [0, 0.05) is 27.4 Å². The second kappa shape index (κ2) is 9.32. The molecule has 0 spiro atoms. The number of hydrogen-bond acceptors (Lipinski definition) is 6. The fraction of sp³-hybridized carbons (Fsp3) is 0.0435. The van der Waals surface area contributed by atoms with Crippen LogP contribution in [-0.2, 0) is 0 Å². The summed E-state index contributed by atoms with van der Waals surface area (Å²) in [5.74, 6) is 0.263. The van der Waals surface area contributed by atoms with Gasteiger partial charge < -0.3 is 14.5 Å². The topological polar surface area (TPSA) is 106 Å². The molecule has 0 unspecified atom stereocenters. The van der Waals surface area contributed by atoms with Gasteiger partial charge in [-0.3, -0.25) is 14.9 Å². The Morgan fingerprint density at radius 3 is 2.03 bits per heavy atom. The molecule has 4 aromatic rings. The van der Waals surface area contributed by atoms with Gasteiger partial charge in [0.25, 0.3) is 11.8 Å². The van der Waals surface area contributed by atoms with Gasteiger partial charge in [0.05, 0.1) is 7.11 Å². The molecule has 2 N–H and O–H groups in total. The van der Waals surface area contributed by atoms with Crippen molar-refractivity contribution in [2.75, 3.05) is 17.7 Å². The van der Waals surface area contributed by atoms with E-state index in [4.69, 9.17) is 20.8 Å². The van der Waals surface area contributed by atoms with E-state index in [0.717, 1.165) is 0 Å². The number of halogens is 1. The van der Waals surface area contributed by atoms with E-state index < -0.39 is 5.91 Å². The summed E-state index contributed by atoms with van der Waals surface area (Å²) in [4.78, 5) is 24.7. The van der Waals surface area contributed by atoms with Crippen LogP contribution in [0, 0.1) is 0 Å². The fourth-order valence-corrected chi connectivity index (χ4v) is 2.93. The minimum atomic E-state index is -0.425. The first kappa shape index (κ1) is 21.1. The SMILES string of the molecule is COc1ccc(-c2nnc(NC(=O)c3ccc(NC(=O)c4ccc(Cl)cc4)cc3)o2)cc1. The molecule has 1 heterocycles. The number of hydrogen-bond donors (Lipinski definition) is 2. The number of ether oxygens (including phenoxy) is 1. The van der Waals surface area contributed by atoms with Gasteiger partial charge in [-0.05, 0) is 72.8 Å². The van der Waals surface area contributed by atoms with E-state index >= 15 is 0 Å². The first-order valence-electron chi connectivity index (χ1n) is 9.48. The predicted molar refractivity (Wildman–Crippen MR) is 120 cm³/mol. The van der Waals surface area contributed by atoms with Crippen molar-refractivity contribution in [1.29, 1.82) is 0 Å². The number of benzene rings is 3. The predicted octanol–water partition coefficient (Wildman–Crippen LogP) is 4.90. The molecule has 32 heavy (non-hydrogen) atoms. The zero-order valence-corrected chi connectivity index (χ0v) is 17.6. The maximum Gasteiger partial charge on any atom is 0.322 e. The summed E-state index contributed by atoms with van der Waals surface area (Å²) in [7, 11) is 1.58. The summed E-state index contributed by atoms with van der Waals surface area (Å²) >= 11 is 5.84. The van der Waals surface area contributed by atoms with E-state index in [0.29, 0.717) is 33.1 Å². The van der Waals surface area contributed by atoms with Crippen molar-refractivity contribution >= 4 is 35.1 Å². The number of carbonyl (C=O) groups is 2. The number of methoxy groups -OCH3 is 1. The molecule has 0 aliphatic heterocycles. The maximum atomic E-state index is 12.5. The third-order valence-electron chi connectivity index (χ3n) is 4.49. The molecular weight excluding hydrogens is 432 g/mol. The lowest BCUT2D eigenvalue weighted by Crippen LogP contribution is -2.13. The third-order valence-corrected chi connectivity index (χ3v) is 4.75. The number of nitrogens with one attached hydrogen (secondary N) is 2. The molecule has 0 aliphatic rings. The second-order valence-electron chi connectivity index (χ2n) is 6.63. The summed E-state index contributed by atoms with van der Waals surface area (Å²) in [6.45, 7) is 0. The quantitative estimate of drug-likeness (QED) is 0.434. The first-order valence-corrected chi connectivity index (χ1v) is 9.86. The monoisotopic (exact) mass is 448 g/mol. The van der Waals surface area contributed by atoms with Gasteiger partial charge in [-0.25, -0.2) is 0 Å². The Bertz CT molecular complexity index is 1240. The molecular formula is C23H17ClN4O4. The molecule has 0 fully saturated rings. The lowest BCUT2D eigenvalue weighted by Gasteiger charge is -2.06. The number of rotatable bonds is 6. The van der Waals surface area contributed by atoms with Crippen LogP contribution in [0.15, 0.2) is 77.2 Å². The van der Waals surface area contributed by atoms with Crippen molar-refractivity contribution in [3.8, 4) is 17.2 Å². The number of nitrogens with zero attached hydrogens (tertiary/aromatic N) is 2. The average molecular weight is 449 g/mol. The molecule has 0 atom stereocenters. The van der Waals surface area contributed by atoms with Gasteiger partial charge in [-0.2, -0.15) is 0 Å². The second-order valence-corrected chi connectivity index (χ2v) is 7.07. The van der Waals surface area contributed by atoms with Crippen molar-refractivity contribution in [3.05, 3.63) is 88.9 Å². The van der Waals surface area contributed by atoms with Crippen molar-refractivity contribution in [3.63, 3.8) is 0 Å². The lowest BCUT2D eigenvalue weighted by atomic mass is 10.1. The summed E-state index contributed by atoms with van der Waals surface area (Å²) in [5, 5.41) is 13.7. The molecule has 1 aromatic heterocycles. The van der Waals surface area contributed by atoms with Gasteiger partial charge in [0.2, 0.25) is 5.89 Å². The van der Waals surface area contributed by atoms with Crippen LogP contribution in [0.1, 0.15) is 20.7 Å². The summed E-state index contributed by atoms with van der Waals surface area (Å²) in [6.07, 6.45) is 0. The standard InChI is InChI=1S/C23H17ClN4O4/c1-31-19-12-6-16(7-13-19)22-27-28-23(32-22)26-21(30)15-4-10-18(11-5-15)25-20(29)14-2-8-17(24)9-3-14/h2-13H,1H3,(H,25,29)(H,26,28,30). The van der Waals surface area contributed by atoms with Gasteiger partial charge in [-0.15, -0.1) is 5.10 Å². The molecule has 8 nitrogen and oxygen atoms in total. The van der Waals surface area contributed by atoms with Crippen molar-refractivity contribution in [2.24, 2.45) is 0 Å². The van der Waals surface area contributed by atoms with E-state index in [1.54, 1.807) is 79.9 Å². The highest BCUT2D eigenvalue weighted by Gasteiger charge is 2.13. The molecule has 0 aliphatic carbocycles.